The van der Waals surface area contributed by atoms with Gasteiger partial charge in [-0.15, -0.1) is 0 Å². The van der Waals surface area contributed by atoms with E-state index in [0.29, 0.717) is 17.7 Å². The number of nitrogens with one attached hydrogen (secondary N) is 1. The van der Waals surface area contributed by atoms with E-state index in [4.69, 9.17) is 4.74 Å². The predicted octanol–water partition coefficient (Wildman–Crippen LogP) is 1.40. The number of carbonyl (C=O) groups excluding carboxylic acids is 2. The molecule has 0 spiro atoms. The van der Waals surface area contributed by atoms with Gasteiger partial charge in [-0.2, -0.15) is 0 Å². The minimum absolute atomic E-state index is 0.00699. The monoisotopic (exact) mass is 221 g/mol. The topological polar surface area (TPSA) is 55.4 Å². The normalized spacial score (nSPS) is 9.62. The molecule has 1 amide bonds. The van der Waals surface area contributed by atoms with E-state index in [1.165, 1.54) is 7.11 Å². The minimum Gasteiger partial charge on any atom is -0.496 e. The molecule has 86 valence electrons. The van der Waals surface area contributed by atoms with E-state index >= 15 is 0 Å². The summed E-state index contributed by atoms with van der Waals surface area (Å²) in [6.07, 6.45) is 0.374. The van der Waals surface area contributed by atoms with Crippen LogP contribution in [0.4, 0.5) is 0 Å². The second-order valence-electron chi connectivity index (χ2n) is 3.25. The quantitative estimate of drug-likeness (QED) is 0.765. The molecule has 0 unspecified atom stereocenters. The number of ether oxygens (including phenoxy) is 1. The summed E-state index contributed by atoms with van der Waals surface area (Å²) in [5.74, 6) is 0.237. The van der Waals surface area contributed by atoms with E-state index < -0.39 is 0 Å². The number of ketones is 1. The highest BCUT2D eigenvalue weighted by atomic mass is 16.5. The molecule has 0 aliphatic carbocycles. The third kappa shape index (κ3) is 3.08. The molecule has 0 aliphatic heterocycles. The third-order valence-electron chi connectivity index (χ3n) is 2.17. The maximum atomic E-state index is 11.8. The SMILES string of the molecule is CCC(=O)NCC(=O)c1ccccc1OC. The number of Topliss-reactive ketones (excluding diaryl/α,β-unsaturated/α-hetero) is 1. The number of benzene rings is 1. The fourth-order valence-electron chi connectivity index (χ4n) is 1.27. The molecule has 1 aromatic carbocycles. The number of rotatable bonds is 5. The number of methoxy groups -OCH3 is 1. The predicted molar refractivity (Wildman–Crippen MR) is 60.6 cm³/mol. The summed E-state index contributed by atoms with van der Waals surface area (Å²) in [5, 5.41) is 2.54. The van der Waals surface area contributed by atoms with Gasteiger partial charge < -0.3 is 10.1 Å². The molecule has 0 aromatic heterocycles. The van der Waals surface area contributed by atoms with Crippen LogP contribution in [0, 0.1) is 0 Å². The van der Waals surface area contributed by atoms with E-state index in [2.05, 4.69) is 5.32 Å². The average molecular weight is 221 g/mol. The second kappa shape index (κ2) is 5.90. The third-order valence-corrected chi connectivity index (χ3v) is 2.17. The zero-order valence-corrected chi connectivity index (χ0v) is 9.45. The van der Waals surface area contributed by atoms with Crippen molar-refractivity contribution in [2.45, 2.75) is 13.3 Å². The summed E-state index contributed by atoms with van der Waals surface area (Å²) in [4.78, 5) is 22.8. The van der Waals surface area contributed by atoms with Gasteiger partial charge in [0.15, 0.2) is 5.78 Å². The van der Waals surface area contributed by atoms with E-state index in [9.17, 15) is 9.59 Å². The Bertz CT molecular complexity index is 388. The van der Waals surface area contributed by atoms with Gasteiger partial charge in [0.05, 0.1) is 19.2 Å². The number of carbonyl (C=O) groups is 2. The first-order valence-corrected chi connectivity index (χ1v) is 5.12. The first-order chi connectivity index (χ1) is 7.69. The van der Waals surface area contributed by atoms with Gasteiger partial charge in [-0.3, -0.25) is 9.59 Å². The van der Waals surface area contributed by atoms with Crippen LogP contribution in [0.1, 0.15) is 23.7 Å². The van der Waals surface area contributed by atoms with Crippen molar-refractivity contribution in [1.82, 2.24) is 5.32 Å². The summed E-state index contributed by atoms with van der Waals surface area (Å²) < 4.78 is 5.07. The van der Waals surface area contributed by atoms with Gasteiger partial charge in [0.2, 0.25) is 5.91 Å². The van der Waals surface area contributed by atoms with E-state index in [1.54, 1.807) is 31.2 Å². The zero-order chi connectivity index (χ0) is 12.0. The average Bonchev–Trinajstić information content (AvgIpc) is 2.35. The molecule has 4 nitrogen and oxygen atoms in total. The summed E-state index contributed by atoms with van der Waals surface area (Å²) in [7, 11) is 1.51. The lowest BCUT2D eigenvalue weighted by Crippen LogP contribution is -2.28. The second-order valence-corrected chi connectivity index (χ2v) is 3.25. The fraction of sp³-hybridized carbons (Fsp3) is 0.333. The Morgan fingerprint density at radius 3 is 2.62 bits per heavy atom. The van der Waals surface area contributed by atoms with Crippen molar-refractivity contribution in [3.05, 3.63) is 29.8 Å². The molecule has 1 N–H and O–H groups in total. The maximum Gasteiger partial charge on any atom is 0.220 e. The Hall–Kier alpha value is -1.84. The summed E-state index contributed by atoms with van der Waals surface area (Å²) >= 11 is 0. The van der Waals surface area contributed by atoms with Gasteiger partial charge in [-0.1, -0.05) is 19.1 Å². The molecule has 16 heavy (non-hydrogen) atoms. The standard InChI is InChI=1S/C12H15NO3/c1-3-12(15)13-8-10(14)9-6-4-5-7-11(9)16-2/h4-7H,3,8H2,1-2H3,(H,13,15). The van der Waals surface area contributed by atoms with Gasteiger partial charge in [-0.25, -0.2) is 0 Å². The first kappa shape index (κ1) is 12.2. The molecular weight excluding hydrogens is 206 g/mol. The molecule has 1 aromatic rings. The van der Waals surface area contributed by atoms with Gasteiger partial charge in [0, 0.05) is 6.42 Å². The van der Waals surface area contributed by atoms with Crippen molar-refractivity contribution in [3.8, 4) is 5.75 Å². The summed E-state index contributed by atoms with van der Waals surface area (Å²) in [6, 6.07) is 6.95. The molecule has 0 saturated heterocycles. The number of hydrogen-bond donors (Lipinski definition) is 1. The molecular formula is C12H15NO3. The van der Waals surface area contributed by atoms with Crippen LogP contribution in [-0.4, -0.2) is 25.3 Å². The van der Waals surface area contributed by atoms with E-state index in [0.717, 1.165) is 0 Å². The highest BCUT2D eigenvalue weighted by Gasteiger charge is 2.11. The summed E-state index contributed by atoms with van der Waals surface area (Å²) in [5.41, 5.74) is 0.487. The molecule has 0 bridgehead atoms. The van der Waals surface area contributed by atoms with Crippen LogP contribution >= 0.6 is 0 Å². The van der Waals surface area contributed by atoms with Crippen molar-refractivity contribution in [3.63, 3.8) is 0 Å². The highest BCUT2D eigenvalue weighted by molar-refractivity contribution is 6.01. The van der Waals surface area contributed by atoms with Gasteiger partial charge >= 0.3 is 0 Å². The van der Waals surface area contributed by atoms with Crippen molar-refractivity contribution in [2.75, 3.05) is 13.7 Å². The Morgan fingerprint density at radius 1 is 1.31 bits per heavy atom. The number of para-hydroxylation sites is 1. The van der Waals surface area contributed by atoms with Crippen LogP contribution < -0.4 is 10.1 Å². The molecule has 0 radical (unpaired) electrons. The lowest BCUT2D eigenvalue weighted by molar-refractivity contribution is -0.120. The Balaban J connectivity index is 2.69. The molecule has 0 fully saturated rings. The largest absolute Gasteiger partial charge is 0.496 e. The van der Waals surface area contributed by atoms with Crippen LogP contribution in [0.5, 0.6) is 5.75 Å². The summed E-state index contributed by atoms with van der Waals surface area (Å²) in [6.45, 7) is 1.75. The lowest BCUT2D eigenvalue weighted by Gasteiger charge is -2.07. The van der Waals surface area contributed by atoms with Crippen LogP contribution in [-0.2, 0) is 4.79 Å². The lowest BCUT2D eigenvalue weighted by atomic mass is 10.1. The molecule has 4 heteroatoms. The Labute approximate surface area is 94.6 Å². The van der Waals surface area contributed by atoms with E-state index in [-0.39, 0.29) is 18.2 Å². The molecule has 1 rings (SSSR count). The highest BCUT2D eigenvalue weighted by Crippen LogP contribution is 2.17. The van der Waals surface area contributed by atoms with Gasteiger partial charge in [-0.05, 0) is 12.1 Å². The molecule has 0 aliphatic rings. The zero-order valence-electron chi connectivity index (χ0n) is 9.45. The number of amides is 1. The van der Waals surface area contributed by atoms with E-state index in [1.807, 2.05) is 0 Å². The van der Waals surface area contributed by atoms with Gasteiger partial charge in [0.25, 0.3) is 0 Å². The molecule has 0 saturated carbocycles. The fourth-order valence-corrected chi connectivity index (χ4v) is 1.27. The van der Waals surface area contributed by atoms with Crippen LogP contribution in [0.25, 0.3) is 0 Å². The van der Waals surface area contributed by atoms with Crippen LogP contribution in [0.15, 0.2) is 24.3 Å². The maximum absolute atomic E-state index is 11.8. The van der Waals surface area contributed by atoms with Gasteiger partial charge in [0.1, 0.15) is 5.75 Å². The number of hydrogen-bond acceptors (Lipinski definition) is 3. The smallest absolute Gasteiger partial charge is 0.220 e. The van der Waals surface area contributed by atoms with Crippen LogP contribution in [0.2, 0.25) is 0 Å². The van der Waals surface area contributed by atoms with Crippen molar-refractivity contribution >= 4 is 11.7 Å². The minimum atomic E-state index is -0.153. The Morgan fingerprint density at radius 2 is 2.00 bits per heavy atom. The van der Waals surface area contributed by atoms with Crippen LogP contribution in [0.3, 0.4) is 0 Å². The molecule has 0 atom stereocenters. The van der Waals surface area contributed by atoms with Crippen molar-refractivity contribution in [2.24, 2.45) is 0 Å². The van der Waals surface area contributed by atoms with Crippen molar-refractivity contribution in [1.29, 1.82) is 0 Å². The van der Waals surface area contributed by atoms with Crippen molar-refractivity contribution < 1.29 is 14.3 Å². The first-order valence-electron chi connectivity index (χ1n) is 5.12. The molecule has 0 heterocycles. The Kier molecular flexibility index (Phi) is 4.51.